The molecule has 2 aromatic heterocycles. The van der Waals surface area contributed by atoms with E-state index in [2.05, 4.69) is 10.3 Å². The monoisotopic (exact) mass is 479 g/mol. The van der Waals surface area contributed by atoms with Crippen molar-refractivity contribution in [3.05, 3.63) is 56.5 Å². The summed E-state index contributed by atoms with van der Waals surface area (Å²) in [6.45, 7) is 3.60. The fraction of sp³-hybridized carbons (Fsp3) is 0.364. The highest BCUT2D eigenvalue weighted by atomic mass is 35.5. The van der Waals surface area contributed by atoms with Crippen LogP contribution in [-0.4, -0.2) is 46.0 Å². The number of hydrogen-bond acceptors (Lipinski definition) is 4. The van der Waals surface area contributed by atoms with Crippen molar-refractivity contribution in [1.29, 1.82) is 0 Å². The van der Waals surface area contributed by atoms with Crippen LogP contribution in [0, 0.1) is 5.92 Å². The number of aromatic nitrogens is 1. The molecular weight excluding hydrogens is 457 g/mol. The van der Waals surface area contributed by atoms with E-state index in [4.69, 9.17) is 23.2 Å². The van der Waals surface area contributed by atoms with Crippen LogP contribution in [0.3, 0.4) is 0 Å². The Labute approximate surface area is 194 Å². The lowest BCUT2D eigenvalue weighted by Gasteiger charge is -2.33. The van der Waals surface area contributed by atoms with Crippen LogP contribution in [0.4, 0.5) is 0 Å². The summed E-state index contributed by atoms with van der Waals surface area (Å²) >= 11 is 13.6. The van der Waals surface area contributed by atoms with E-state index in [0.29, 0.717) is 27.0 Å². The van der Waals surface area contributed by atoms with Gasteiger partial charge in [-0.25, -0.2) is 0 Å². The smallest absolute Gasteiger partial charge is 0.268 e. The zero-order valence-electron chi connectivity index (χ0n) is 17.3. The highest BCUT2D eigenvalue weighted by Gasteiger charge is 2.39. The normalized spacial score (nSPS) is 18.9. The lowest BCUT2D eigenvalue weighted by Crippen LogP contribution is -2.48. The fourth-order valence-corrected chi connectivity index (χ4v) is 5.58. The molecule has 0 saturated heterocycles. The van der Waals surface area contributed by atoms with Crippen molar-refractivity contribution in [2.75, 3.05) is 7.05 Å². The minimum atomic E-state index is -1.10. The standard InChI is InChI=1S/C22H23Cl2N3O3S/c1-10(2)19(28)22(30)27(3)18-12-7-5-4-6-11(12)8-13(18)26-21(29)14-9-15-17(25-14)16(23)20(24)31-15/h4-7,9-10,13,18-19,25,28H,8H2,1-3H3,(H,26,29)/t13-,18+,19+/m1/s1. The molecule has 4 rings (SSSR count). The fourth-order valence-electron chi connectivity index (χ4n) is 4.10. The number of nitrogens with one attached hydrogen (secondary N) is 2. The number of aromatic amines is 1. The first-order valence-electron chi connectivity index (χ1n) is 9.99. The molecule has 0 fully saturated rings. The molecule has 6 nitrogen and oxygen atoms in total. The zero-order chi connectivity index (χ0) is 22.4. The number of benzene rings is 1. The molecule has 1 aliphatic rings. The molecule has 0 spiro atoms. The first kappa shape index (κ1) is 22.1. The van der Waals surface area contributed by atoms with E-state index in [1.54, 1.807) is 31.9 Å². The van der Waals surface area contributed by atoms with Crippen molar-refractivity contribution in [2.45, 2.75) is 38.5 Å². The van der Waals surface area contributed by atoms with Crippen molar-refractivity contribution in [1.82, 2.24) is 15.2 Å². The van der Waals surface area contributed by atoms with Gasteiger partial charge < -0.3 is 20.3 Å². The summed E-state index contributed by atoms with van der Waals surface area (Å²) in [5, 5.41) is 13.8. The summed E-state index contributed by atoms with van der Waals surface area (Å²) in [6.07, 6.45) is -0.514. The molecule has 0 radical (unpaired) electrons. The summed E-state index contributed by atoms with van der Waals surface area (Å²) in [6, 6.07) is 8.83. The molecule has 0 aliphatic heterocycles. The molecule has 1 aliphatic carbocycles. The summed E-state index contributed by atoms with van der Waals surface area (Å²) in [5.41, 5.74) is 3.06. The number of halogens is 2. The number of likely N-dealkylation sites (N-methyl/N-ethyl adjacent to an activating group) is 1. The number of carbonyl (C=O) groups is 2. The van der Waals surface area contributed by atoms with E-state index >= 15 is 0 Å². The van der Waals surface area contributed by atoms with Crippen LogP contribution in [0.5, 0.6) is 0 Å². The average molecular weight is 480 g/mol. The maximum atomic E-state index is 13.0. The summed E-state index contributed by atoms with van der Waals surface area (Å²) < 4.78 is 1.28. The van der Waals surface area contributed by atoms with Gasteiger partial charge in [-0.2, -0.15) is 0 Å². The van der Waals surface area contributed by atoms with E-state index in [1.165, 1.54) is 11.3 Å². The Balaban J connectivity index is 1.61. The molecule has 2 heterocycles. The molecule has 31 heavy (non-hydrogen) atoms. The summed E-state index contributed by atoms with van der Waals surface area (Å²) in [4.78, 5) is 30.5. The van der Waals surface area contributed by atoms with Crippen molar-refractivity contribution >= 4 is 56.6 Å². The highest BCUT2D eigenvalue weighted by Crippen LogP contribution is 2.39. The maximum Gasteiger partial charge on any atom is 0.268 e. The third-order valence-corrected chi connectivity index (χ3v) is 7.71. The van der Waals surface area contributed by atoms with Crippen LogP contribution in [0.15, 0.2) is 30.3 Å². The predicted molar refractivity (Wildman–Crippen MR) is 124 cm³/mol. The molecule has 0 unspecified atom stereocenters. The van der Waals surface area contributed by atoms with Crippen LogP contribution in [0.25, 0.3) is 10.2 Å². The average Bonchev–Trinajstić information content (AvgIpc) is 3.39. The van der Waals surface area contributed by atoms with Crippen LogP contribution in [-0.2, 0) is 11.2 Å². The second-order valence-electron chi connectivity index (χ2n) is 8.18. The van der Waals surface area contributed by atoms with Crippen molar-refractivity contribution < 1.29 is 14.7 Å². The molecular formula is C22H23Cl2N3O3S. The minimum absolute atomic E-state index is 0.205. The largest absolute Gasteiger partial charge is 0.383 e. The number of aliphatic hydroxyl groups excluding tert-OH is 1. The van der Waals surface area contributed by atoms with Gasteiger partial charge in [0.25, 0.3) is 11.8 Å². The molecule has 3 aromatic rings. The quantitative estimate of drug-likeness (QED) is 0.506. The summed E-state index contributed by atoms with van der Waals surface area (Å²) in [7, 11) is 1.67. The Morgan fingerprint density at radius 1 is 1.29 bits per heavy atom. The van der Waals surface area contributed by atoms with Crippen molar-refractivity contribution in [3.8, 4) is 0 Å². The number of rotatable bonds is 5. The molecule has 3 atom stereocenters. The van der Waals surface area contributed by atoms with Gasteiger partial charge in [0.15, 0.2) is 0 Å². The minimum Gasteiger partial charge on any atom is -0.383 e. The van der Waals surface area contributed by atoms with Gasteiger partial charge in [0.1, 0.15) is 16.1 Å². The first-order chi connectivity index (χ1) is 14.7. The van der Waals surface area contributed by atoms with Gasteiger partial charge in [0.05, 0.1) is 27.3 Å². The van der Waals surface area contributed by atoms with Gasteiger partial charge >= 0.3 is 0 Å². The Bertz CT molecular complexity index is 1160. The number of aliphatic hydroxyl groups is 1. The summed E-state index contributed by atoms with van der Waals surface area (Å²) in [5.74, 6) is -0.857. The SMILES string of the molecule is CC(C)[C@H](O)C(=O)N(C)[C@H]1c2ccccc2C[C@H]1NC(=O)c1cc2sc(Cl)c(Cl)c2[nH]1. The van der Waals surface area contributed by atoms with Crippen LogP contribution < -0.4 is 5.32 Å². The topological polar surface area (TPSA) is 85.4 Å². The number of nitrogens with zero attached hydrogens (tertiary/aromatic N) is 1. The van der Waals surface area contributed by atoms with Crippen LogP contribution in [0.1, 0.15) is 41.5 Å². The number of thiophene rings is 1. The van der Waals surface area contributed by atoms with Crippen LogP contribution >= 0.6 is 34.5 Å². The van der Waals surface area contributed by atoms with Gasteiger partial charge in [-0.3, -0.25) is 9.59 Å². The van der Waals surface area contributed by atoms with Crippen LogP contribution in [0.2, 0.25) is 9.36 Å². The third-order valence-electron chi connectivity index (χ3n) is 5.78. The van der Waals surface area contributed by atoms with E-state index in [1.807, 2.05) is 24.3 Å². The van der Waals surface area contributed by atoms with Gasteiger partial charge in [-0.15, -0.1) is 11.3 Å². The maximum absolute atomic E-state index is 13.0. The molecule has 0 bridgehead atoms. The number of amides is 2. The van der Waals surface area contributed by atoms with Gasteiger partial charge in [-0.05, 0) is 29.5 Å². The molecule has 2 amide bonds. The second kappa shape index (κ2) is 8.47. The Morgan fingerprint density at radius 2 is 2.00 bits per heavy atom. The Morgan fingerprint density at radius 3 is 2.68 bits per heavy atom. The van der Waals surface area contributed by atoms with Gasteiger partial charge in [0, 0.05) is 7.05 Å². The Hall–Kier alpha value is -2.06. The first-order valence-corrected chi connectivity index (χ1v) is 11.6. The number of H-pyrrole nitrogens is 1. The lowest BCUT2D eigenvalue weighted by atomic mass is 10.0. The molecule has 3 N–H and O–H groups in total. The molecule has 1 aromatic carbocycles. The second-order valence-corrected chi connectivity index (χ2v) is 10.2. The number of hydrogen-bond donors (Lipinski definition) is 3. The third kappa shape index (κ3) is 3.96. The number of carbonyl (C=O) groups excluding carboxylic acids is 2. The highest BCUT2D eigenvalue weighted by molar-refractivity contribution is 7.23. The van der Waals surface area contributed by atoms with Crippen molar-refractivity contribution in [3.63, 3.8) is 0 Å². The molecule has 164 valence electrons. The number of fused-ring (bicyclic) bond motifs is 2. The molecule has 0 saturated carbocycles. The van der Waals surface area contributed by atoms with Gasteiger partial charge in [-0.1, -0.05) is 61.3 Å². The predicted octanol–water partition coefficient (Wildman–Crippen LogP) is 4.41. The molecule has 9 heteroatoms. The lowest BCUT2D eigenvalue weighted by molar-refractivity contribution is -0.143. The van der Waals surface area contributed by atoms with E-state index < -0.39 is 6.10 Å². The zero-order valence-corrected chi connectivity index (χ0v) is 19.6. The Kier molecular flexibility index (Phi) is 6.05. The van der Waals surface area contributed by atoms with Crippen molar-refractivity contribution in [2.24, 2.45) is 5.92 Å². The van der Waals surface area contributed by atoms with E-state index in [0.717, 1.165) is 15.8 Å². The van der Waals surface area contributed by atoms with Gasteiger partial charge in [0.2, 0.25) is 0 Å². The van der Waals surface area contributed by atoms with E-state index in [9.17, 15) is 14.7 Å². The van der Waals surface area contributed by atoms with E-state index in [-0.39, 0.29) is 29.8 Å².